The number of anilines is 1. The second kappa shape index (κ2) is 5.80. The Kier molecular flexibility index (Phi) is 4.11. The average Bonchev–Trinajstić information content (AvgIpc) is 2.40. The fourth-order valence-corrected chi connectivity index (χ4v) is 1.88. The summed E-state index contributed by atoms with van der Waals surface area (Å²) in [6.45, 7) is 1.48. The van der Waals surface area contributed by atoms with E-state index in [1.54, 1.807) is 24.3 Å². The molecule has 1 aromatic heterocycles. The van der Waals surface area contributed by atoms with Crippen molar-refractivity contribution in [2.75, 3.05) is 5.43 Å². The number of aryl methyl sites for hydroxylation is 1. The predicted octanol–water partition coefficient (Wildman–Crippen LogP) is 2.53. The third kappa shape index (κ3) is 2.83. The van der Waals surface area contributed by atoms with Gasteiger partial charge in [-0.15, -0.1) is 0 Å². The number of ether oxygens (including phenoxy) is 1. The molecule has 20 heavy (non-hydrogen) atoms. The minimum Gasteiger partial charge on any atom is -0.432 e. The van der Waals surface area contributed by atoms with Crippen molar-refractivity contribution in [1.29, 1.82) is 0 Å². The number of rotatable bonds is 4. The van der Waals surface area contributed by atoms with Crippen LogP contribution in [0.4, 0.5) is 11.6 Å². The van der Waals surface area contributed by atoms with Crippen LogP contribution in [0.15, 0.2) is 28.7 Å². The van der Waals surface area contributed by atoms with E-state index >= 15 is 0 Å². The predicted molar refractivity (Wildman–Crippen MR) is 75.4 cm³/mol. The Morgan fingerprint density at radius 2 is 2.10 bits per heavy atom. The molecule has 9 heteroatoms. The fraction of sp³-hybridized carbons (Fsp3) is 0.0909. The number of benzene rings is 1. The van der Waals surface area contributed by atoms with Crippen molar-refractivity contribution in [3.63, 3.8) is 0 Å². The van der Waals surface area contributed by atoms with Gasteiger partial charge in [-0.3, -0.25) is 15.5 Å². The molecule has 104 valence electrons. The largest absolute Gasteiger partial charge is 0.432 e. The van der Waals surface area contributed by atoms with Gasteiger partial charge in [0.15, 0.2) is 0 Å². The maximum absolute atomic E-state index is 11.1. The van der Waals surface area contributed by atoms with E-state index in [9.17, 15) is 10.1 Å². The van der Waals surface area contributed by atoms with Crippen molar-refractivity contribution < 1.29 is 9.66 Å². The summed E-state index contributed by atoms with van der Waals surface area (Å²) in [6.07, 6.45) is 0. The quantitative estimate of drug-likeness (QED) is 0.499. The molecule has 2 aromatic rings. The molecule has 0 unspecified atom stereocenters. The summed E-state index contributed by atoms with van der Waals surface area (Å²) in [4.78, 5) is 18.2. The van der Waals surface area contributed by atoms with Crippen molar-refractivity contribution >= 4 is 27.6 Å². The first-order valence-corrected chi connectivity index (χ1v) is 6.24. The number of nitrogen functional groups attached to an aromatic ring is 1. The lowest BCUT2D eigenvalue weighted by atomic mass is 10.3. The van der Waals surface area contributed by atoms with Crippen molar-refractivity contribution in [3.8, 4) is 11.6 Å². The molecule has 0 saturated carbocycles. The van der Waals surface area contributed by atoms with Gasteiger partial charge in [0, 0.05) is 0 Å². The molecule has 0 fully saturated rings. The van der Waals surface area contributed by atoms with E-state index in [2.05, 4.69) is 31.3 Å². The monoisotopic (exact) mass is 339 g/mol. The number of hydrogen-bond acceptors (Lipinski definition) is 7. The van der Waals surface area contributed by atoms with E-state index in [1.807, 2.05) is 0 Å². The zero-order valence-corrected chi connectivity index (χ0v) is 11.9. The van der Waals surface area contributed by atoms with Crippen LogP contribution in [0.1, 0.15) is 5.69 Å². The van der Waals surface area contributed by atoms with Gasteiger partial charge in [0.05, 0.1) is 9.40 Å². The van der Waals surface area contributed by atoms with Crippen LogP contribution < -0.4 is 16.0 Å². The molecule has 0 spiro atoms. The van der Waals surface area contributed by atoms with Crippen molar-refractivity contribution in [3.05, 3.63) is 44.5 Å². The highest BCUT2D eigenvalue weighted by Gasteiger charge is 2.24. The third-order valence-corrected chi connectivity index (χ3v) is 3.04. The van der Waals surface area contributed by atoms with Crippen LogP contribution in [-0.2, 0) is 0 Å². The van der Waals surface area contributed by atoms with Crippen LogP contribution in [0.5, 0.6) is 11.6 Å². The molecule has 0 amide bonds. The molecule has 3 N–H and O–H groups in total. The van der Waals surface area contributed by atoms with Gasteiger partial charge in [-0.2, -0.15) is 4.98 Å². The molecule has 0 bridgehead atoms. The molecule has 2 rings (SSSR count). The fourth-order valence-electron chi connectivity index (χ4n) is 1.52. The summed E-state index contributed by atoms with van der Waals surface area (Å²) < 4.78 is 6.14. The highest BCUT2D eigenvalue weighted by atomic mass is 79.9. The summed E-state index contributed by atoms with van der Waals surface area (Å²) in [5.74, 6) is 5.49. The average molecular weight is 340 g/mol. The first-order chi connectivity index (χ1) is 9.52. The van der Waals surface area contributed by atoms with Crippen LogP contribution in [-0.4, -0.2) is 14.9 Å². The topological polar surface area (TPSA) is 116 Å². The van der Waals surface area contributed by atoms with E-state index in [4.69, 9.17) is 10.6 Å². The van der Waals surface area contributed by atoms with Crippen LogP contribution in [0.2, 0.25) is 0 Å². The lowest BCUT2D eigenvalue weighted by Crippen LogP contribution is -2.12. The zero-order chi connectivity index (χ0) is 14.7. The van der Waals surface area contributed by atoms with Gasteiger partial charge < -0.3 is 4.74 Å². The molecule has 1 aromatic carbocycles. The Morgan fingerprint density at radius 1 is 1.40 bits per heavy atom. The van der Waals surface area contributed by atoms with E-state index in [0.29, 0.717) is 10.2 Å². The Hall–Kier alpha value is -2.26. The second-order valence-electron chi connectivity index (χ2n) is 3.72. The van der Waals surface area contributed by atoms with Gasteiger partial charge in [0.2, 0.25) is 5.95 Å². The standard InChI is InChI=1S/C11H10BrN5O3/c1-6-9(17(18)19)10(15-11(14-6)16-13)20-8-5-3-2-4-7(8)12/h2-5H,13H2,1H3,(H,14,15,16). The number of para-hydroxylation sites is 1. The highest BCUT2D eigenvalue weighted by Crippen LogP contribution is 2.35. The maximum Gasteiger partial charge on any atom is 0.352 e. The number of nitrogens with zero attached hydrogens (tertiary/aromatic N) is 3. The first-order valence-electron chi connectivity index (χ1n) is 5.45. The Balaban J connectivity index is 2.52. The van der Waals surface area contributed by atoms with Gasteiger partial charge in [0.25, 0.3) is 0 Å². The van der Waals surface area contributed by atoms with E-state index in [0.717, 1.165) is 0 Å². The van der Waals surface area contributed by atoms with Gasteiger partial charge in [-0.05, 0) is 35.0 Å². The second-order valence-corrected chi connectivity index (χ2v) is 4.57. The number of nitrogens with one attached hydrogen (secondary N) is 1. The van der Waals surface area contributed by atoms with E-state index in [1.165, 1.54) is 6.92 Å². The lowest BCUT2D eigenvalue weighted by Gasteiger charge is -2.09. The zero-order valence-electron chi connectivity index (χ0n) is 10.3. The summed E-state index contributed by atoms with van der Waals surface area (Å²) >= 11 is 3.29. The molecular formula is C11H10BrN5O3. The van der Waals surface area contributed by atoms with Crippen LogP contribution in [0.3, 0.4) is 0 Å². The molecular weight excluding hydrogens is 330 g/mol. The van der Waals surface area contributed by atoms with Gasteiger partial charge >= 0.3 is 11.6 Å². The van der Waals surface area contributed by atoms with Crippen LogP contribution >= 0.6 is 15.9 Å². The maximum atomic E-state index is 11.1. The number of hydrogen-bond donors (Lipinski definition) is 2. The lowest BCUT2D eigenvalue weighted by molar-refractivity contribution is -0.386. The molecule has 0 aliphatic rings. The summed E-state index contributed by atoms with van der Waals surface area (Å²) in [6, 6.07) is 6.93. The van der Waals surface area contributed by atoms with Crippen molar-refractivity contribution in [1.82, 2.24) is 9.97 Å². The van der Waals surface area contributed by atoms with Crippen molar-refractivity contribution in [2.24, 2.45) is 5.84 Å². The molecule has 1 heterocycles. The number of aromatic nitrogens is 2. The highest BCUT2D eigenvalue weighted by molar-refractivity contribution is 9.10. The molecule has 0 atom stereocenters. The van der Waals surface area contributed by atoms with Crippen LogP contribution in [0, 0.1) is 17.0 Å². The number of nitrogens with two attached hydrogens (primary N) is 1. The van der Waals surface area contributed by atoms with E-state index in [-0.39, 0.29) is 23.2 Å². The van der Waals surface area contributed by atoms with Crippen molar-refractivity contribution in [2.45, 2.75) is 6.92 Å². The Labute approximate surface area is 122 Å². The van der Waals surface area contributed by atoms with Crippen LogP contribution in [0.25, 0.3) is 0 Å². The molecule has 8 nitrogen and oxygen atoms in total. The normalized spacial score (nSPS) is 10.2. The minimum absolute atomic E-state index is 0.0372. The Morgan fingerprint density at radius 3 is 2.70 bits per heavy atom. The smallest absolute Gasteiger partial charge is 0.352 e. The molecule has 0 aliphatic heterocycles. The number of hydrazine groups is 1. The van der Waals surface area contributed by atoms with Gasteiger partial charge in [-0.25, -0.2) is 10.8 Å². The Bertz CT molecular complexity index is 665. The number of nitro groups is 1. The SMILES string of the molecule is Cc1nc(NN)nc(Oc2ccccc2Br)c1[N+](=O)[O-]. The number of halogens is 1. The molecule has 0 aliphatic carbocycles. The summed E-state index contributed by atoms with van der Waals surface area (Å²) in [5, 5.41) is 11.1. The first kappa shape index (κ1) is 14.2. The minimum atomic E-state index is -0.595. The molecule has 0 radical (unpaired) electrons. The van der Waals surface area contributed by atoms with Gasteiger partial charge in [-0.1, -0.05) is 12.1 Å². The third-order valence-electron chi connectivity index (χ3n) is 2.38. The van der Waals surface area contributed by atoms with Gasteiger partial charge in [0.1, 0.15) is 11.4 Å². The van der Waals surface area contributed by atoms with E-state index < -0.39 is 4.92 Å². The summed E-state index contributed by atoms with van der Waals surface area (Å²) in [5.41, 5.74) is 2.09. The summed E-state index contributed by atoms with van der Waals surface area (Å²) in [7, 11) is 0. The molecule has 0 saturated heterocycles.